The summed E-state index contributed by atoms with van der Waals surface area (Å²) >= 11 is 3.07. The number of pyridine rings is 1. The molecule has 64 valence electrons. The van der Waals surface area contributed by atoms with Crippen LogP contribution in [-0.2, 0) is 6.61 Å². The summed E-state index contributed by atoms with van der Waals surface area (Å²) < 4.78 is 0.492. The lowest BCUT2D eigenvalue weighted by molar-refractivity contribution is -0.390. The Morgan fingerprint density at radius 1 is 1.75 bits per heavy atom. The molecule has 0 atom stereocenters. The van der Waals surface area contributed by atoms with Gasteiger partial charge in [-0.3, -0.25) is 0 Å². The van der Waals surface area contributed by atoms with Gasteiger partial charge in [-0.25, -0.2) is 0 Å². The highest BCUT2D eigenvalue weighted by molar-refractivity contribution is 9.10. The van der Waals surface area contributed by atoms with Crippen molar-refractivity contribution in [3.05, 3.63) is 32.4 Å². The molecule has 0 fully saturated rings. The molecule has 0 radical (unpaired) electrons. The van der Waals surface area contributed by atoms with Crippen LogP contribution in [0.1, 0.15) is 5.56 Å². The maximum Gasteiger partial charge on any atom is 0.370 e. The van der Waals surface area contributed by atoms with Crippen LogP contribution in [-0.4, -0.2) is 15.0 Å². The van der Waals surface area contributed by atoms with Crippen molar-refractivity contribution >= 4 is 21.7 Å². The largest absolute Gasteiger partial charge is 0.391 e. The molecule has 12 heavy (non-hydrogen) atoms. The first kappa shape index (κ1) is 9.08. The Bertz CT molecular complexity index is 316. The molecular formula is C6H5BrN2O3. The standard InChI is InChI=1S/C6H5BrN2O3/c7-5-1-2-8-6(9(11)12)4(5)3-10/h1-2,10H,3H2. The van der Waals surface area contributed by atoms with E-state index >= 15 is 0 Å². The van der Waals surface area contributed by atoms with Gasteiger partial charge in [-0.15, -0.1) is 0 Å². The normalized spacial score (nSPS) is 9.83. The van der Waals surface area contributed by atoms with E-state index in [0.717, 1.165) is 0 Å². The summed E-state index contributed by atoms with van der Waals surface area (Å²) in [7, 11) is 0. The summed E-state index contributed by atoms with van der Waals surface area (Å²) in [6.45, 7) is -0.398. The molecule has 5 nitrogen and oxygen atoms in total. The third kappa shape index (κ3) is 1.59. The molecule has 0 bridgehead atoms. The molecule has 0 aromatic carbocycles. The predicted molar refractivity (Wildman–Crippen MR) is 44.5 cm³/mol. The van der Waals surface area contributed by atoms with E-state index in [1.807, 2.05) is 0 Å². The Labute approximate surface area is 76.3 Å². The minimum absolute atomic E-state index is 0.197. The van der Waals surface area contributed by atoms with Gasteiger partial charge in [0.25, 0.3) is 0 Å². The van der Waals surface area contributed by atoms with Gasteiger partial charge >= 0.3 is 5.82 Å². The van der Waals surface area contributed by atoms with Crippen LogP contribution in [0.15, 0.2) is 16.7 Å². The molecule has 1 N–H and O–H groups in total. The highest BCUT2D eigenvalue weighted by Crippen LogP contribution is 2.23. The lowest BCUT2D eigenvalue weighted by atomic mass is 10.3. The lowest BCUT2D eigenvalue weighted by Gasteiger charge is -1.99. The molecule has 1 rings (SSSR count). The SMILES string of the molecule is O=[N+]([O-])c1nccc(Br)c1CO. The van der Waals surface area contributed by atoms with E-state index in [9.17, 15) is 10.1 Å². The van der Waals surface area contributed by atoms with Crippen molar-refractivity contribution in [2.24, 2.45) is 0 Å². The number of halogens is 1. The minimum atomic E-state index is -0.629. The maximum absolute atomic E-state index is 10.3. The van der Waals surface area contributed by atoms with Gasteiger partial charge in [0.1, 0.15) is 6.20 Å². The van der Waals surface area contributed by atoms with Crippen molar-refractivity contribution in [3.63, 3.8) is 0 Å². The summed E-state index contributed by atoms with van der Waals surface area (Å²) in [5.41, 5.74) is 0.197. The Morgan fingerprint density at radius 3 is 2.83 bits per heavy atom. The number of nitrogens with zero attached hydrogens (tertiary/aromatic N) is 2. The van der Waals surface area contributed by atoms with Gasteiger partial charge in [0.15, 0.2) is 0 Å². The second-order valence-electron chi connectivity index (χ2n) is 2.01. The van der Waals surface area contributed by atoms with Crippen LogP contribution in [0.25, 0.3) is 0 Å². The average molecular weight is 233 g/mol. The second kappa shape index (κ2) is 3.59. The monoisotopic (exact) mass is 232 g/mol. The molecule has 1 aromatic heterocycles. The molecule has 0 aliphatic rings. The fraction of sp³-hybridized carbons (Fsp3) is 0.167. The maximum atomic E-state index is 10.3. The molecule has 0 saturated carbocycles. The molecule has 0 aliphatic heterocycles. The van der Waals surface area contributed by atoms with Gasteiger partial charge in [0, 0.05) is 4.47 Å². The van der Waals surface area contributed by atoms with Gasteiger partial charge in [0.2, 0.25) is 0 Å². The third-order valence-electron chi connectivity index (χ3n) is 1.31. The fourth-order valence-corrected chi connectivity index (χ4v) is 1.18. The number of rotatable bonds is 2. The Hall–Kier alpha value is -1.01. The van der Waals surface area contributed by atoms with E-state index in [4.69, 9.17) is 5.11 Å². The van der Waals surface area contributed by atoms with E-state index in [-0.39, 0.29) is 11.4 Å². The van der Waals surface area contributed by atoms with E-state index in [1.54, 1.807) is 6.07 Å². The van der Waals surface area contributed by atoms with Gasteiger partial charge in [0.05, 0.1) is 12.2 Å². The van der Waals surface area contributed by atoms with Crippen molar-refractivity contribution < 1.29 is 10.0 Å². The highest BCUT2D eigenvalue weighted by Gasteiger charge is 2.16. The van der Waals surface area contributed by atoms with Gasteiger partial charge in [-0.2, -0.15) is 0 Å². The highest BCUT2D eigenvalue weighted by atomic mass is 79.9. The van der Waals surface area contributed by atoms with Crippen molar-refractivity contribution in [1.82, 2.24) is 4.98 Å². The first-order valence-electron chi connectivity index (χ1n) is 3.05. The van der Waals surface area contributed by atoms with Crippen LogP contribution in [0.4, 0.5) is 5.82 Å². The number of aliphatic hydroxyl groups excluding tert-OH is 1. The Kier molecular flexibility index (Phi) is 2.72. The predicted octanol–water partition coefficient (Wildman–Crippen LogP) is 1.24. The third-order valence-corrected chi connectivity index (χ3v) is 2.05. The van der Waals surface area contributed by atoms with Gasteiger partial charge in [-0.1, -0.05) is 0 Å². The fourth-order valence-electron chi connectivity index (χ4n) is 0.762. The number of aromatic nitrogens is 1. The summed E-state index contributed by atoms with van der Waals surface area (Å²) in [5, 5.41) is 19.1. The van der Waals surface area contributed by atoms with E-state index in [0.29, 0.717) is 4.47 Å². The molecular weight excluding hydrogens is 228 g/mol. The van der Waals surface area contributed by atoms with Crippen molar-refractivity contribution in [3.8, 4) is 0 Å². The van der Waals surface area contributed by atoms with Crippen LogP contribution in [0.5, 0.6) is 0 Å². The summed E-state index contributed by atoms with van der Waals surface area (Å²) in [6, 6.07) is 1.54. The summed E-state index contributed by atoms with van der Waals surface area (Å²) in [4.78, 5) is 13.2. The van der Waals surface area contributed by atoms with Crippen LogP contribution in [0, 0.1) is 10.1 Å². The topological polar surface area (TPSA) is 76.3 Å². The van der Waals surface area contributed by atoms with Crippen molar-refractivity contribution in [2.45, 2.75) is 6.61 Å². The van der Waals surface area contributed by atoms with Crippen LogP contribution in [0.3, 0.4) is 0 Å². The zero-order valence-corrected chi connectivity index (χ0v) is 7.48. The molecule has 0 amide bonds. The van der Waals surface area contributed by atoms with Crippen LogP contribution >= 0.6 is 15.9 Å². The molecule has 0 aliphatic carbocycles. The molecule has 0 saturated heterocycles. The number of hydrogen-bond donors (Lipinski definition) is 1. The first-order valence-corrected chi connectivity index (χ1v) is 3.84. The van der Waals surface area contributed by atoms with E-state index < -0.39 is 11.5 Å². The second-order valence-corrected chi connectivity index (χ2v) is 2.86. The lowest BCUT2D eigenvalue weighted by Crippen LogP contribution is -1.98. The molecule has 1 aromatic rings. The molecule has 6 heteroatoms. The summed E-state index contributed by atoms with van der Waals surface area (Å²) in [5.74, 6) is -0.313. The number of nitro groups is 1. The van der Waals surface area contributed by atoms with Gasteiger partial charge < -0.3 is 15.2 Å². The minimum Gasteiger partial charge on any atom is -0.391 e. The van der Waals surface area contributed by atoms with Crippen LogP contribution < -0.4 is 0 Å². The zero-order chi connectivity index (χ0) is 9.14. The number of aliphatic hydroxyl groups is 1. The van der Waals surface area contributed by atoms with Crippen molar-refractivity contribution in [2.75, 3.05) is 0 Å². The van der Waals surface area contributed by atoms with Crippen molar-refractivity contribution in [1.29, 1.82) is 0 Å². The van der Waals surface area contributed by atoms with E-state index in [1.165, 1.54) is 6.20 Å². The Balaban J connectivity index is 3.27. The average Bonchev–Trinajstić information content (AvgIpc) is 2.03. The molecule has 0 unspecified atom stereocenters. The van der Waals surface area contributed by atoms with E-state index in [2.05, 4.69) is 20.9 Å². The Morgan fingerprint density at radius 2 is 2.42 bits per heavy atom. The molecule has 1 heterocycles. The smallest absolute Gasteiger partial charge is 0.370 e. The van der Waals surface area contributed by atoms with Gasteiger partial charge in [-0.05, 0) is 31.9 Å². The molecule has 0 spiro atoms. The quantitative estimate of drug-likeness (QED) is 0.615. The first-order chi connectivity index (χ1) is 5.66. The summed E-state index contributed by atoms with van der Waals surface area (Å²) in [6.07, 6.45) is 1.31. The number of hydrogen-bond acceptors (Lipinski definition) is 4. The van der Waals surface area contributed by atoms with Crippen LogP contribution in [0.2, 0.25) is 0 Å². The zero-order valence-electron chi connectivity index (χ0n) is 5.90.